The van der Waals surface area contributed by atoms with Crippen molar-refractivity contribution in [3.05, 3.63) is 11.6 Å². The summed E-state index contributed by atoms with van der Waals surface area (Å²) in [6.07, 6.45) is 8.20. The Morgan fingerprint density at radius 1 is 1.14 bits per heavy atom. The second kappa shape index (κ2) is 4.51. The fraction of sp³-hybridized carbons (Fsp3) is 0.857. The van der Waals surface area contributed by atoms with Crippen LogP contribution in [-0.2, 0) is 0 Å². The van der Waals surface area contributed by atoms with Crippen molar-refractivity contribution in [2.75, 3.05) is 0 Å². The molecule has 0 heterocycles. The number of rotatable bonds is 1. The summed E-state index contributed by atoms with van der Waals surface area (Å²) in [7, 11) is 0. The van der Waals surface area contributed by atoms with E-state index in [-0.39, 0.29) is 0 Å². The van der Waals surface area contributed by atoms with Crippen molar-refractivity contribution >= 4 is 0 Å². The second-order valence-corrected chi connectivity index (χ2v) is 6.12. The molecule has 0 aromatic rings. The second-order valence-electron chi connectivity index (χ2n) is 6.12. The van der Waals surface area contributed by atoms with Gasteiger partial charge >= 0.3 is 0 Å². The minimum absolute atomic E-state index is 0.348. The summed E-state index contributed by atoms with van der Waals surface area (Å²) >= 11 is 0. The number of hydrogen-bond donors (Lipinski definition) is 0. The van der Waals surface area contributed by atoms with E-state index in [1.807, 2.05) is 0 Å². The van der Waals surface area contributed by atoms with Crippen LogP contribution in [0.3, 0.4) is 0 Å². The molecular weight excluding hydrogens is 168 g/mol. The van der Waals surface area contributed by atoms with E-state index in [1.54, 1.807) is 5.57 Å². The first kappa shape index (κ1) is 11.8. The molecule has 14 heavy (non-hydrogen) atoms. The summed E-state index contributed by atoms with van der Waals surface area (Å²) in [5.41, 5.74) is 1.98. The fourth-order valence-electron chi connectivity index (χ4n) is 2.78. The van der Waals surface area contributed by atoms with Crippen molar-refractivity contribution in [1.29, 1.82) is 0 Å². The zero-order chi connectivity index (χ0) is 10.8. The maximum absolute atomic E-state index is 2.47. The van der Waals surface area contributed by atoms with Gasteiger partial charge in [-0.1, -0.05) is 58.6 Å². The molecule has 0 amide bonds. The van der Waals surface area contributed by atoms with E-state index in [0.29, 0.717) is 5.41 Å². The molecular formula is C14H26. The maximum atomic E-state index is 2.47. The number of allylic oxidation sites excluding steroid dienone is 2. The first-order valence-corrected chi connectivity index (χ1v) is 6.09. The van der Waals surface area contributed by atoms with Gasteiger partial charge in [-0.05, 0) is 30.6 Å². The van der Waals surface area contributed by atoms with Crippen molar-refractivity contribution in [3.8, 4) is 0 Å². The Hall–Kier alpha value is -0.260. The molecule has 1 rings (SSSR count). The monoisotopic (exact) mass is 194 g/mol. The summed E-state index contributed by atoms with van der Waals surface area (Å²) in [6.45, 7) is 11.6. The standard InChI is InChI=1S/C14H26/c1-11-8-6-7-9-13(11)12(2)10-14(3,4)5/h10-11,13H,6-9H2,1-5H3/b12-10-/t11-,13-/m1/s1. The third-order valence-electron chi connectivity index (χ3n) is 3.36. The summed E-state index contributed by atoms with van der Waals surface area (Å²) in [4.78, 5) is 0. The van der Waals surface area contributed by atoms with Crippen LogP contribution >= 0.6 is 0 Å². The minimum atomic E-state index is 0.348. The van der Waals surface area contributed by atoms with Gasteiger partial charge in [-0.15, -0.1) is 0 Å². The quantitative estimate of drug-likeness (QED) is 0.526. The van der Waals surface area contributed by atoms with Gasteiger partial charge in [0.1, 0.15) is 0 Å². The highest BCUT2D eigenvalue weighted by atomic mass is 14.3. The smallest absolute Gasteiger partial charge is 0.0180 e. The van der Waals surface area contributed by atoms with Gasteiger partial charge in [-0.3, -0.25) is 0 Å². The van der Waals surface area contributed by atoms with Gasteiger partial charge in [0.25, 0.3) is 0 Å². The molecule has 0 unspecified atom stereocenters. The van der Waals surface area contributed by atoms with Gasteiger partial charge in [-0.25, -0.2) is 0 Å². The summed E-state index contributed by atoms with van der Waals surface area (Å²) in [5.74, 6) is 1.77. The Bertz CT molecular complexity index is 205. The zero-order valence-corrected chi connectivity index (χ0v) is 10.6. The Balaban J connectivity index is 2.67. The van der Waals surface area contributed by atoms with E-state index in [2.05, 4.69) is 40.7 Å². The van der Waals surface area contributed by atoms with E-state index >= 15 is 0 Å². The third-order valence-corrected chi connectivity index (χ3v) is 3.36. The molecule has 0 saturated heterocycles. The molecule has 1 aliphatic rings. The van der Waals surface area contributed by atoms with Crippen molar-refractivity contribution in [2.24, 2.45) is 17.3 Å². The van der Waals surface area contributed by atoms with E-state index in [9.17, 15) is 0 Å². The SMILES string of the molecule is C/C(=C/C(C)(C)C)[C@@H]1CCCC[C@H]1C. The van der Waals surface area contributed by atoms with Crippen molar-refractivity contribution < 1.29 is 0 Å². The van der Waals surface area contributed by atoms with Crippen LogP contribution in [-0.4, -0.2) is 0 Å². The molecule has 2 atom stereocenters. The highest BCUT2D eigenvalue weighted by molar-refractivity contribution is 5.09. The highest BCUT2D eigenvalue weighted by Crippen LogP contribution is 2.36. The summed E-state index contributed by atoms with van der Waals surface area (Å²) < 4.78 is 0. The predicted molar refractivity (Wildman–Crippen MR) is 64.3 cm³/mol. The van der Waals surface area contributed by atoms with Crippen LogP contribution in [0.4, 0.5) is 0 Å². The topological polar surface area (TPSA) is 0 Å². The van der Waals surface area contributed by atoms with Crippen LogP contribution in [0.1, 0.15) is 60.3 Å². The van der Waals surface area contributed by atoms with E-state index in [1.165, 1.54) is 25.7 Å². The molecule has 0 N–H and O–H groups in total. The van der Waals surface area contributed by atoms with Gasteiger partial charge in [0, 0.05) is 0 Å². The minimum Gasteiger partial charge on any atom is -0.0799 e. The van der Waals surface area contributed by atoms with Crippen LogP contribution < -0.4 is 0 Å². The van der Waals surface area contributed by atoms with E-state index in [0.717, 1.165) is 11.8 Å². The Labute approximate surface area is 89.8 Å². The normalized spacial score (nSPS) is 30.5. The van der Waals surface area contributed by atoms with Crippen molar-refractivity contribution in [1.82, 2.24) is 0 Å². The lowest BCUT2D eigenvalue weighted by Gasteiger charge is -2.31. The molecule has 0 nitrogen and oxygen atoms in total. The maximum Gasteiger partial charge on any atom is -0.0180 e. The molecule has 0 aromatic carbocycles. The predicted octanol–water partition coefficient (Wildman–Crippen LogP) is 4.81. The third kappa shape index (κ3) is 3.48. The lowest BCUT2D eigenvalue weighted by molar-refractivity contribution is 0.290. The molecule has 1 fully saturated rings. The van der Waals surface area contributed by atoms with Crippen LogP contribution in [0, 0.1) is 17.3 Å². The van der Waals surface area contributed by atoms with Crippen molar-refractivity contribution in [3.63, 3.8) is 0 Å². The van der Waals surface area contributed by atoms with Crippen molar-refractivity contribution in [2.45, 2.75) is 60.3 Å². The Morgan fingerprint density at radius 3 is 2.21 bits per heavy atom. The average molecular weight is 194 g/mol. The summed E-state index contributed by atoms with van der Waals surface area (Å²) in [6, 6.07) is 0. The average Bonchev–Trinajstić information content (AvgIpc) is 2.01. The molecule has 0 spiro atoms. The lowest BCUT2D eigenvalue weighted by atomic mass is 9.75. The molecule has 82 valence electrons. The van der Waals surface area contributed by atoms with E-state index < -0.39 is 0 Å². The van der Waals surface area contributed by atoms with E-state index in [4.69, 9.17) is 0 Å². The first-order valence-electron chi connectivity index (χ1n) is 6.09. The van der Waals surface area contributed by atoms with Crippen LogP contribution in [0.25, 0.3) is 0 Å². The van der Waals surface area contributed by atoms with Gasteiger partial charge in [-0.2, -0.15) is 0 Å². The molecule has 1 aliphatic carbocycles. The Morgan fingerprint density at radius 2 is 1.71 bits per heavy atom. The van der Waals surface area contributed by atoms with Gasteiger partial charge in [0.2, 0.25) is 0 Å². The zero-order valence-electron chi connectivity index (χ0n) is 10.6. The highest BCUT2D eigenvalue weighted by Gasteiger charge is 2.23. The largest absolute Gasteiger partial charge is 0.0799 e. The molecule has 1 saturated carbocycles. The summed E-state index contributed by atoms with van der Waals surface area (Å²) in [5, 5.41) is 0. The molecule has 0 aliphatic heterocycles. The van der Waals surface area contributed by atoms with Crippen LogP contribution in [0.15, 0.2) is 11.6 Å². The van der Waals surface area contributed by atoms with Crippen LogP contribution in [0.5, 0.6) is 0 Å². The van der Waals surface area contributed by atoms with Crippen LogP contribution in [0.2, 0.25) is 0 Å². The van der Waals surface area contributed by atoms with Gasteiger partial charge < -0.3 is 0 Å². The van der Waals surface area contributed by atoms with Gasteiger partial charge in [0.05, 0.1) is 0 Å². The lowest BCUT2D eigenvalue weighted by Crippen LogP contribution is -2.19. The first-order chi connectivity index (χ1) is 6.40. The molecule has 0 radical (unpaired) electrons. The fourth-order valence-corrected chi connectivity index (χ4v) is 2.78. The number of hydrogen-bond acceptors (Lipinski definition) is 0. The van der Waals surface area contributed by atoms with Gasteiger partial charge in [0.15, 0.2) is 0 Å². The molecule has 0 bridgehead atoms. The molecule has 0 aromatic heterocycles. The molecule has 0 heteroatoms. The Kier molecular flexibility index (Phi) is 3.80.